The summed E-state index contributed by atoms with van der Waals surface area (Å²) in [5.41, 5.74) is 6.22. The summed E-state index contributed by atoms with van der Waals surface area (Å²) >= 11 is 0. The Balaban J connectivity index is 0. The molecule has 0 aliphatic rings. The van der Waals surface area contributed by atoms with Crippen molar-refractivity contribution in [2.75, 3.05) is 0 Å². The van der Waals surface area contributed by atoms with E-state index in [1.54, 1.807) is 0 Å². The van der Waals surface area contributed by atoms with Crippen molar-refractivity contribution in [3.63, 3.8) is 0 Å². The van der Waals surface area contributed by atoms with Gasteiger partial charge in [-0.2, -0.15) is 0 Å². The number of hydrogen-bond donors (Lipinski definition) is 1. The van der Waals surface area contributed by atoms with Gasteiger partial charge in [-0.15, -0.1) is 0 Å². The summed E-state index contributed by atoms with van der Waals surface area (Å²) < 4.78 is 0. The topological polar surface area (TPSA) is 26.0 Å². The minimum Gasteiger partial charge on any atom is -0.328 e. The van der Waals surface area contributed by atoms with Gasteiger partial charge in [-0.25, -0.2) is 0 Å². The maximum atomic E-state index is 5.67. The molecule has 0 heterocycles. The van der Waals surface area contributed by atoms with Crippen molar-refractivity contribution in [2.24, 2.45) is 17.1 Å². The minimum absolute atomic E-state index is 0.426. The molecule has 0 bridgehead atoms. The van der Waals surface area contributed by atoms with Crippen LogP contribution < -0.4 is 5.73 Å². The van der Waals surface area contributed by atoms with E-state index in [-0.39, 0.29) is 0 Å². The van der Waals surface area contributed by atoms with Gasteiger partial charge in [0.05, 0.1) is 0 Å². The van der Waals surface area contributed by atoms with E-state index in [2.05, 4.69) is 48.5 Å². The van der Waals surface area contributed by atoms with E-state index in [1.807, 2.05) is 0 Å². The average Bonchev–Trinajstić information content (AvgIpc) is 2.03. The molecule has 0 saturated carbocycles. The zero-order chi connectivity index (χ0) is 11.8. The third-order valence-corrected chi connectivity index (χ3v) is 2.36. The minimum atomic E-state index is 0.426. The SMILES string of the molecule is CCC(C)(C)C.CCC(N)CC(C)C. The van der Waals surface area contributed by atoms with Crippen LogP contribution in [0.25, 0.3) is 0 Å². The molecular formula is C13H31N. The standard InChI is InChI=1S/C7H17N.C6H14/c1-4-7(8)5-6(2)3;1-5-6(2,3)4/h6-7H,4-5,8H2,1-3H3;5H2,1-4H3. The Morgan fingerprint density at radius 3 is 1.50 bits per heavy atom. The van der Waals surface area contributed by atoms with Crippen LogP contribution in [-0.4, -0.2) is 6.04 Å². The molecule has 0 aliphatic carbocycles. The number of rotatable bonds is 3. The second kappa shape index (κ2) is 8.28. The van der Waals surface area contributed by atoms with E-state index < -0.39 is 0 Å². The average molecular weight is 201 g/mol. The normalized spacial score (nSPS) is 13.5. The highest BCUT2D eigenvalue weighted by atomic mass is 14.6. The van der Waals surface area contributed by atoms with E-state index in [9.17, 15) is 0 Å². The fourth-order valence-electron chi connectivity index (χ4n) is 0.772. The molecule has 1 nitrogen and oxygen atoms in total. The molecule has 0 saturated heterocycles. The highest BCUT2D eigenvalue weighted by Crippen LogP contribution is 2.16. The van der Waals surface area contributed by atoms with Gasteiger partial charge in [-0.05, 0) is 24.2 Å². The monoisotopic (exact) mass is 201 g/mol. The highest BCUT2D eigenvalue weighted by Gasteiger charge is 2.03. The summed E-state index contributed by atoms with van der Waals surface area (Å²) in [7, 11) is 0. The predicted molar refractivity (Wildman–Crippen MR) is 67.5 cm³/mol. The lowest BCUT2D eigenvalue weighted by atomic mass is 9.94. The Kier molecular flexibility index (Phi) is 9.70. The molecular weight excluding hydrogens is 170 g/mol. The lowest BCUT2D eigenvalue weighted by Crippen LogP contribution is -2.20. The van der Waals surface area contributed by atoms with Gasteiger partial charge in [0.25, 0.3) is 0 Å². The van der Waals surface area contributed by atoms with Crippen molar-refractivity contribution >= 4 is 0 Å². The molecule has 1 heteroatoms. The molecule has 0 aliphatic heterocycles. The van der Waals surface area contributed by atoms with E-state index in [0.29, 0.717) is 11.5 Å². The van der Waals surface area contributed by atoms with Gasteiger partial charge >= 0.3 is 0 Å². The van der Waals surface area contributed by atoms with Crippen LogP contribution in [0.15, 0.2) is 0 Å². The van der Waals surface area contributed by atoms with Gasteiger partial charge < -0.3 is 5.73 Å². The van der Waals surface area contributed by atoms with Crippen LogP contribution in [0.1, 0.15) is 67.7 Å². The molecule has 0 rings (SSSR count). The van der Waals surface area contributed by atoms with Crippen LogP contribution in [0.2, 0.25) is 0 Å². The molecule has 0 spiro atoms. The van der Waals surface area contributed by atoms with Gasteiger partial charge in [0.15, 0.2) is 0 Å². The number of hydrogen-bond acceptors (Lipinski definition) is 1. The van der Waals surface area contributed by atoms with Crippen LogP contribution in [0.4, 0.5) is 0 Å². The van der Waals surface area contributed by atoms with Crippen molar-refractivity contribution in [3.8, 4) is 0 Å². The first-order valence-corrected chi connectivity index (χ1v) is 5.98. The molecule has 0 aromatic rings. The van der Waals surface area contributed by atoms with Crippen LogP contribution in [0.5, 0.6) is 0 Å². The highest BCUT2D eigenvalue weighted by molar-refractivity contribution is 4.59. The molecule has 1 unspecified atom stereocenters. The Hall–Kier alpha value is -0.0400. The number of nitrogens with two attached hydrogens (primary N) is 1. The molecule has 14 heavy (non-hydrogen) atoms. The first-order chi connectivity index (χ1) is 6.22. The molecule has 0 aromatic carbocycles. The molecule has 0 radical (unpaired) electrons. The molecule has 2 N–H and O–H groups in total. The van der Waals surface area contributed by atoms with Crippen LogP contribution >= 0.6 is 0 Å². The lowest BCUT2D eigenvalue weighted by molar-refractivity contribution is 0.398. The van der Waals surface area contributed by atoms with Gasteiger partial charge in [-0.3, -0.25) is 0 Å². The largest absolute Gasteiger partial charge is 0.328 e. The third-order valence-electron chi connectivity index (χ3n) is 2.36. The lowest BCUT2D eigenvalue weighted by Gasteiger charge is -2.12. The summed E-state index contributed by atoms with van der Waals surface area (Å²) in [6.07, 6.45) is 3.54. The first-order valence-electron chi connectivity index (χ1n) is 5.98. The Labute approximate surface area is 91.5 Å². The van der Waals surface area contributed by atoms with E-state index >= 15 is 0 Å². The Morgan fingerprint density at radius 2 is 1.43 bits per heavy atom. The molecule has 0 amide bonds. The summed E-state index contributed by atoms with van der Waals surface area (Å²) in [6, 6.07) is 0.426. The smallest absolute Gasteiger partial charge is 0.00386 e. The Bertz CT molecular complexity index is 111. The first kappa shape index (κ1) is 16.4. The van der Waals surface area contributed by atoms with Gasteiger partial charge in [0.1, 0.15) is 0 Å². The van der Waals surface area contributed by atoms with Crippen LogP contribution in [-0.2, 0) is 0 Å². The van der Waals surface area contributed by atoms with E-state index in [4.69, 9.17) is 5.73 Å². The van der Waals surface area contributed by atoms with Crippen molar-refractivity contribution in [1.29, 1.82) is 0 Å². The quantitative estimate of drug-likeness (QED) is 0.727. The van der Waals surface area contributed by atoms with Gasteiger partial charge in [0, 0.05) is 6.04 Å². The second-order valence-electron chi connectivity index (χ2n) is 5.71. The summed E-state index contributed by atoms with van der Waals surface area (Å²) in [6.45, 7) is 15.5. The molecule has 0 aromatic heterocycles. The molecule has 1 atom stereocenters. The molecule has 88 valence electrons. The maximum absolute atomic E-state index is 5.67. The van der Waals surface area contributed by atoms with Gasteiger partial charge in [0.2, 0.25) is 0 Å². The predicted octanol–water partition coefficient (Wildman–Crippen LogP) is 4.21. The van der Waals surface area contributed by atoms with E-state index in [0.717, 1.165) is 18.8 Å². The summed E-state index contributed by atoms with van der Waals surface area (Å²) in [4.78, 5) is 0. The van der Waals surface area contributed by atoms with Crippen molar-refractivity contribution in [3.05, 3.63) is 0 Å². The zero-order valence-corrected chi connectivity index (χ0v) is 11.4. The Morgan fingerprint density at radius 1 is 1.07 bits per heavy atom. The fourth-order valence-corrected chi connectivity index (χ4v) is 0.772. The molecule has 0 fully saturated rings. The van der Waals surface area contributed by atoms with Crippen molar-refractivity contribution < 1.29 is 0 Å². The maximum Gasteiger partial charge on any atom is 0.00386 e. The summed E-state index contributed by atoms with van der Waals surface area (Å²) in [5.74, 6) is 0.755. The second-order valence-corrected chi connectivity index (χ2v) is 5.71. The van der Waals surface area contributed by atoms with Crippen molar-refractivity contribution in [2.45, 2.75) is 73.8 Å². The van der Waals surface area contributed by atoms with E-state index in [1.165, 1.54) is 6.42 Å². The van der Waals surface area contributed by atoms with Crippen molar-refractivity contribution in [1.82, 2.24) is 0 Å². The summed E-state index contributed by atoms with van der Waals surface area (Å²) in [5, 5.41) is 0. The van der Waals surface area contributed by atoms with Gasteiger partial charge in [-0.1, -0.05) is 54.9 Å². The zero-order valence-electron chi connectivity index (χ0n) is 11.4. The third kappa shape index (κ3) is 17.9. The van der Waals surface area contributed by atoms with Crippen LogP contribution in [0, 0.1) is 11.3 Å². The van der Waals surface area contributed by atoms with Crippen LogP contribution in [0.3, 0.4) is 0 Å². The fraction of sp³-hybridized carbons (Fsp3) is 1.00.